The van der Waals surface area contributed by atoms with Gasteiger partial charge in [-0.2, -0.15) is 4.98 Å². The predicted molar refractivity (Wildman–Crippen MR) is 88.2 cm³/mol. The van der Waals surface area contributed by atoms with Gasteiger partial charge < -0.3 is 15.2 Å². The lowest BCUT2D eigenvalue weighted by Crippen LogP contribution is -2.44. The molecule has 5 rings (SSSR count). The average molecular weight is 357 g/mol. The van der Waals surface area contributed by atoms with Crippen molar-refractivity contribution in [3.63, 3.8) is 0 Å². The molecule has 1 aromatic carbocycles. The van der Waals surface area contributed by atoms with E-state index in [0.717, 1.165) is 12.1 Å². The van der Waals surface area contributed by atoms with Crippen LogP contribution >= 0.6 is 11.6 Å². The molecule has 0 spiro atoms. The lowest BCUT2D eigenvalue weighted by Gasteiger charge is -2.39. The van der Waals surface area contributed by atoms with E-state index in [1.165, 1.54) is 0 Å². The molecule has 9 heteroatoms. The number of aromatic nitrogens is 4. The summed E-state index contributed by atoms with van der Waals surface area (Å²) in [5, 5.41) is 4.40. The molecule has 2 N–H and O–H groups in total. The molecule has 1 fully saturated rings. The number of nitrogens with zero attached hydrogens (tertiary/aromatic N) is 5. The third-order valence-electron chi connectivity index (χ3n) is 4.72. The third kappa shape index (κ3) is 1.92. The van der Waals surface area contributed by atoms with Crippen molar-refractivity contribution in [1.82, 2.24) is 24.6 Å². The summed E-state index contributed by atoms with van der Waals surface area (Å²) in [6, 6.07) is 5.32. The van der Waals surface area contributed by atoms with E-state index in [1.54, 1.807) is 17.3 Å². The fraction of sp³-hybridized carbons (Fsp3) is 0.250. The van der Waals surface area contributed by atoms with Gasteiger partial charge in [-0.1, -0.05) is 22.8 Å². The van der Waals surface area contributed by atoms with Crippen LogP contribution in [0.5, 0.6) is 0 Å². The molecule has 1 saturated heterocycles. The van der Waals surface area contributed by atoms with E-state index in [1.807, 2.05) is 16.7 Å². The summed E-state index contributed by atoms with van der Waals surface area (Å²) < 4.78 is 7.01. The Labute approximate surface area is 147 Å². The summed E-state index contributed by atoms with van der Waals surface area (Å²) in [4.78, 5) is 23.5. The van der Waals surface area contributed by atoms with Crippen molar-refractivity contribution < 1.29 is 9.32 Å². The van der Waals surface area contributed by atoms with Gasteiger partial charge in [-0.3, -0.25) is 9.36 Å². The lowest BCUT2D eigenvalue weighted by molar-refractivity contribution is 0.0462. The zero-order chi connectivity index (χ0) is 17.1. The van der Waals surface area contributed by atoms with Crippen LogP contribution in [0.4, 0.5) is 0 Å². The van der Waals surface area contributed by atoms with E-state index in [4.69, 9.17) is 21.9 Å². The molecular weight excluding hydrogens is 344 g/mol. The van der Waals surface area contributed by atoms with Crippen molar-refractivity contribution in [2.24, 2.45) is 5.73 Å². The Kier molecular flexibility index (Phi) is 3.01. The fourth-order valence-electron chi connectivity index (χ4n) is 3.46. The van der Waals surface area contributed by atoms with Crippen LogP contribution in [0.15, 0.2) is 29.0 Å². The van der Waals surface area contributed by atoms with E-state index in [2.05, 4.69) is 15.1 Å². The van der Waals surface area contributed by atoms with Gasteiger partial charge in [0.15, 0.2) is 0 Å². The molecule has 4 heterocycles. The van der Waals surface area contributed by atoms with E-state index in [0.29, 0.717) is 40.2 Å². The largest absolute Gasteiger partial charge is 0.338 e. The van der Waals surface area contributed by atoms with Crippen LogP contribution in [0.1, 0.15) is 34.4 Å². The molecule has 3 aromatic rings. The fourth-order valence-corrected chi connectivity index (χ4v) is 3.71. The summed E-state index contributed by atoms with van der Waals surface area (Å²) in [5.74, 6) is 0.650. The Morgan fingerprint density at radius 3 is 3.00 bits per heavy atom. The molecule has 2 aliphatic heterocycles. The number of rotatable bonds is 2. The van der Waals surface area contributed by atoms with Crippen LogP contribution in [0.2, 0.25) is 5.02 Å². The SMILES string of the molecule is NCc1nc(-c2ncn3c2[C@@H]2CCN2C(=O)c2c(Cl)cccc2-3)no1. The van der Waals surface area contributed by atoms with Gasteiger partial charge in [0.25, 0.3) is 5.91 Å². The van der Waals surface area contributed by atoms with E-state index < -0.39 is 0 Å². The van der Waals surface area contributed by atoms with Crippen LogP contribution in [-0.2, 0) is 6.54 Å². The summed E-state index contributed by atoms with van der Waals surface area (Å²) in [6.07, 6.45) is 2.52. The number of carbonyl (C=O) groups is 1. The summed E-state index contributed by atoms with van der Waals surface area (Å²) >= 11 is 6.32. The summed E-state index contributed by atoms with van der Waals surface area (Å²) in [5.41, 5.74) is 8.21. The topological polar surface area (TPSA) is 103 Å². The first-order valence-corrected chi connectivity index (χ1v) is 8.27. The Hall–Kier alpha value is -2.71. The first-order chi connectivity index (χ1) is 12.2. The van der Waals surface area contributed by atoms with Crippen molar-refractivity contribution in [3.05, 3.63) is 46.7 Å². The number of fused-ring (bicyclic) bond motifs is 5. The van der Waals surface area contributed by atoms with Gasteiger partial charge in [0.05, 0.1) is 34.6 Å². The molecule has 0 aliphatic carbocycles. The quantitative estimate of drug-likeness (QED) is 0.752. The molecule has 25 heavy (non-hydrogen) atoms. The van der Waals surface area contributed by atoms with Gasteiger partial charge in [0.2, 0.25) is 11.7 Å². The van der Waals surface area contributed by atoms with E-state index in [9.17, 15) is 4.79 Å². The van der Waals surface area contributed by atoms with Crippen molar-refractivity contribution in [1.29, 1.82) is 0 Å². The molecule has 0 bridgehead atoms. The first kappa shape index (κ1) is 14.6. The number of amides is 1. The minimum atomic E-state index is -0.0895. The number of imidazole rings is 1. The molecule has 0 saturated carbocycles. The van der Waals surface area contributed by atoms with Gasteiger partial charge in [-0.05, 0) is 18.6 Å². The van der Waals surface area contributed by atoms with E-state index >= 15 is 0 Å². The second-order valence-corrected chi connectivity index (χ2v) is 6.41. The highest BCUT2D eigenvalue weighted by molar-refractivity contribution is 6.34. The van der Waals surface area contributed by atoms with Crippen molar-refractivity contribution in [2.75, 3.05) is 6.54 Å². The number of halogens is 1. The van der Waals surface area contributed by atoms with Crippen LogP contribution in [-0.4, -0.2) is 37.0 Å². The van der Waals surface area contributed by atoms with Gasteiger partial charge in [-0.25, -0.2) is 4.98 Å². The first-order valence-electron chi connectivity index (χ1n) is 7.89. The molecule has 8 nitrogen and oxygen atoms in total. The third-order valence-corrected chi connectivity index (χ3v) is 5.04. The minimum Gasteiger partial charge on any atom is -0.338 e. The second kappa shape index (κ2) is 5.14. The number of hydrogen-bond acceptors (Lipinski definition) is 6. The zero-order valence-electron chi connectivity index (χ0n) is 13.0. The zero-order valence-corrected chi connectivity index (χ0v) is 13.8. The number of benzene rings is 1. The Morgan fingerprint density at radius 1 is 1.40 bits per heavy atom. The number of carbonyl (C=O) groups excluding carboxylic acids is 1. The minimum absolute atomic E-state index is 0.0674. The van der Waals surface area contributed by atoms with Gasteiger partial charge in [0, 0.05) is 6.54 Å². The monoisotopic (exact) mass is 356 g/mol. The highest BCUT2D eigenvalue weighted by Gasteiger charge is 2.43. The Balaban J connectivity index is 1.77. The van der Waals surface area contributed by atoms with Crippen molar-refractivity contribution in [2.45, 2.75) is 19.0 Å². The highest BCUT2D eigenvalue weighted by atomic mass is 35.5. The summed E-state index contributed by atoms with van der Waals surface area (Å²) in [7, 11) is 0. The van der Waals surface area contributed by atoms with Crippen molar-refractivity contribution in [3.8, 4) is 17.2 Å². The van der Waals surface area contributed by atoms with Crippen LogP contribution < -0.4 is 5.73 Å². The van der Waals surface area contributed by atoms with Gasteiger partial charge in [-0.15, -0.1) is 0 Å². The maximum atomic E-state index is 12.9. The number of hydrogen-bond donors (Lipinski definition) is 1. The standard InChI is InChI=1S/C16H13ClN6O2/c17-8-2-1-3-9-12(8)16(24)22-5-4-10(22)14-13(19-7-23(9)14)15-20-11(6-18)25-21-15/h1-3,7,10H,4-6,18H2/t10-/m0/s1. The van der Waals surface area contributed by atoms with E-state index in [-0.39, 0.29) is 18.5 Å². The second-order valence-electron chi connectivity index (χ2n) is 6.00. The average Bonchev–Trinajstić information content (AvgIpc) is 3.18. The summed E-state index contributed by atoms with van der Waals surface area (Å²) in [6.45, 7) is 0.842. The Bertz CT molecular complexity index is 1010. The Morgan fingerprint density at radius 2 is 2.28 bits per heavy atom. The smallest absolute Gasteiger partial charge is 0.258 e. The lowest BCUT2D eigenvalue weighted by atomic mass is 9.97. The van der Waals surface area contributed by atoms with Crippen LogP contribution in [0.3, 0.4) is 0 Å². The predicted octanol–water partition coefficient (Wildman–Crippen LogP) is 1.94. The van der Waals surface area contributed by atoms with Gasteiger partial charge in [0.1, 0.15) is 12.0 Å². The number of nitrogens with two attached hydrogens (primary N) is 1. The van der Waals surface area contributed by atoms with Gasteiger partial charge >= 0.3 is 0 Å². The molecule has 126 valence electrons. The van der Waals surface area contributed by atoms with Crippen LogP contribution in [0.25, 0.3) is 17.2 Å². The molecule has 1 amide bonds. The molecule has 1 atom stereocenters. The van der Waals surface area contributed by atoms with Crippen LogP contribution in [0, 0.1) is 0 Å². The molecule has 0 radical (unpaired) electrons. The highest BCUT2D eigenvalue weighted by Crippen LogP contribution is 2.44. The normalized spacial score (nSPS) is 18.2. The maximum Gasteiger partial charge on any atom is 0.258 e. The maximum absolute atomic E-state index is 12.9. The molecule has 0 unspecified atom stereocenters. The molecule has 2 aliphatic rings. The molecular formula is C16H13ClN6O2. The van der Waals surface area contributed by atoms with Crippen molar-refractivity contribution >= 4 is 17.5 Å². The molecule has 2 aromatic heterocycles.